The van der Waals surface area contributed by atoms with E-state index in [2.05, 4.69) is 12.1 Å². The molecule has 2 N–H and O–H groups in total. The first kappa shape index (κ1) is 21.1. The molecule has 1 saturated heterocycles. The average Bonchev–Trinajstić information content (AvgIpc) is 3.15. The van der Waals surface area contributed by atoms with Crippen LogP contribution >= 0.6 is 0 Å². The third kappa shape index (κ3) is 5.46. The molecule has 152 valence electrons. The summed E-state index contributed by atoms with van der Waals surface area (Å²) in [5.41, 5.74) is 1.84. The lowest BCUT2D eigenvalue weighted by molar-refractivity contribution is -0.905. The average molecular weight is 411 g/mol. The van der Waals surface area contributed by atoms with Gasteiger partial charge in [0.1, 0.15) is 5.75 Å². The molecule has 4 rings (SSSR count). The van der Waals surface area contributed by atoms with Gasteiger partial charge in [-0.2, -0.15) is 5.10 Å². The maximum atomic E-state index is 10.3. The van der Waals surface area contributed by atoms with Gasteiger partial charge in [-0.25, -0.2) is 9.67 Å². The molecule has 1 aliphatic rings. The van der Waals surface area contributed by atoms with Crippen molar-refractivity contribution in [2.45, 2.75) is 25.8 Å². The molecule has 1 fully saturated rings. The van der Waals surface area contributed by atoms with E-state index >= 15 is 0 Å². The smallest absolute Gasteiger partial charge is 0.174 e. The van der Waals surface area contributed by atoms with Crippen LogP contribution in [-0.4, -0.2) is 39.5 Å². The van der Waals surface area contributed by atoms with Gasteiger partial charge in [0.25, 0.3) is 0 Å². The zero-order valence-corrected chi connectivity index (χ0v) is 17.2. The van der Waals surface area contributed by atoms with Crippen molar-refractivity contribution in [2.75, 3.05) is 19.6 Å². The lowest BCUT2D eigenvalue weighted by atomic mass is 10.1. The number of aromatic hydroxyl groups is 1. The van der Waals surface area contributed by atoms with Crippen LogP contribution < -0.4 is 17.3 Å². The summed E-state index contributed by atoms with van der Waals surface area (Å²) in [6.45, 7) is 4.31. The van der Waals surface area contributed by atoms with Crippen molar-refractivity contribution < 1.29 is 22.4 Å². The second-order valence-corrected chi connectivity index (χ2v) is 7.34. The molecular weight excluding hydrogens is 384 g/mol. The Labute approximate surface area is 178 Å². The number of para-hydroxylation sites is 1. The molecule has 1 aromatic heterocycles. The second-order valence-electron chi connectivity index (χ2n) is 7.34. The SMILES string of the molecule is Oc1ccccc1-c1nc(/C=C/c2ccccc2)nn1CC[NH+]1CCCCC1.[Cl-]. The summed E-state index contributed by atoms with van der Waals surface area (Å²) in [5, 5.41) is 15.0. The lowest BCUT2D eigenvalue weighted by Gasteiger charge is -2.23. The number of aromatic nitrogens is 3. The number of nitrogens with zero attached hydrogens (tertiary/aromatic N) is 3. The predicted octanol–water partition coefficient (Wildman–Crippen LogP) is -0.106. The minimum Gasteiger partial charge on any atom is -1.00 e. The first-order valence-corrected chi connectivity index (χ1v) is 10.1. The number of piperidine rings is 1. The maximum absolute atomic E-state index is 10.3. The van der Waals surface area contributed by atoms with Crippen LogP contribution in [0.4, 0.5) is 0 Å². The van der Waals surface area contributed by atoms with E-state index in [9.17, 15) is 5.11 Å². The number of likely N-dealkylation sites (tertiary alicyclic amines) is 1. The fourth-order valence-corrected chi connectivity index (χ4v) is 3.75. The van der Waals surface area contributed by atoms with E-state index in [1.54, 1.807) is 11.0 Å². The Hall–Kier alpha value is -2.63. The van der Waals surface area contributed by atoms with Gasteiger partial charge in [0.15, 0.2) is 11.6 Å². The van der Waals surface area contributed by atoms with Gasteiger partial charge in [-0.05, 0) is 43.0 Å². The number of halogens is 1. The van der Waals surface area contributed by atoms with Crippen LogP contribution in [0.1, 0.15) is 30.7 Å². The van der Waals surface area contributed by atoms with Crippen LogP contribution in [0.5, 0.6) is 5.75 Å². The maximum Gasteiger partial charge on any atom is 0.174 e. The molecule has 29 heavy (non-hydrogen) atoms. The molecule has 2 heterocycles. The molecule has 5 nitrogen and oxygen atoms in total. The second kappa shape index (κ2) is 10.2. The van der Waals surface area contributed by atoms with Crippen LogP contribution in [0.2, 0.25) is 0 Å². The number of nitrogens with one attached hydrogen (secondary N) is 1. The molecule has 0 atom stereocenters. The topological polar surface area (TPSA) is 55.4 Å². The van der Waals surface area contributed by atoms with Gasteiger partial charge in [0, 0.05) is 0 Å². The third-order valence-electron chi connectivity index (χ3n) is 5.30. The Kier molecular flexibility index (Phi) is 7.44. The van der Waals surface area contributed by atoms with Crippen molar-refractivity contribution in [1.29, 1.82) is 0 Å². The first-order chi connectivity index (χ1) is 13.8. The highest BCUT2D eigenvalue weighted by Crippen LogP contribution is 2.27. The molecule has 0 radical (unpaired) electrons. The normalized spacial score (nSPS) is 14.8. The summed E-state index contributed by atoms with van der Waals surface area (Å²) in [4.78, 5) is 6.35. The van der Waals surface area contributed by atoms with Crippen LogP contribution in [0.25, 0.3) is 23.5 Å². The van der Waals surface area contributed by atoms with Crippen molar-refractivity contribution in [3.05, 3.63) is 66.0 Å². The first-order valence-electron chi connectivity index (χ1n) is 10.1. The van der Waals surface area contributed by atoms with E-state index in [0.29, 0.717) is 5.82 Å². The predicted molar refractivity (Wildman–Crippen MR) is 112 cm³/mol. The minimum absolute atomic E-state index is 0. The molecule has 6 heteroatoms. The van der Waals surface area contributed by atoms with Gasteiger partial charge in [-0.15, -0.1) is 0 Å². The Morgan fingerprint density at radius 1 is 0.931 bits per heavy atom. The van der Waals surface area contributed by atoms with E-state index in [-0.39, 0.29) is 18.2 Å². The van der Waals surface area contributed by atoms with E-state index in [0.717, 1.165) is 30.0 Å². The number of hydrogen-bond acceptors (Lipinski definition) is 3. The summed E-state index contributed by atoms with van der Waals surface area (Å²) in [7, 11) is 0. The van der Waals surface area contributed by atoms with E-state index < -0.39 is 0 Å². The van der Waals surface area contributed by atoms with Gasteiger partial charge in [-0.1, -0.05) is 48.5 Å². The minimum atomic E-state index is 0. The Balaban J connectivity index is 0.00000240. The summed E-state index contributed by atoms with van der Waals surface area (Å²) in [5.74, 6) is 1.62. The summed E-state index contributed by atoms with van der Waals surface area (Å²) >= 11 is 0. The molecule has 0 unspecified atom stereocenters. The van der Waals surface area contributed by atoms with Gasteiger partial charge in [0.05, 0.1) is 31.7 Å². The largest absolute Gasteiger partial charge is 1.00 e. The number of rotatable bonds is 6. The Morgan fingerprint density at radius 2 is 1.66 bits per heavy atom. The van der Waals surface area contributed by atoms with Gasteiger partial charge in [0.2, 0.25) is 0 Å². The summed E-state index contributed by atoms with van der Waals surface area (Å²) in [6, 6.07) is 17.5. The number of phenols is 1. The number of phenolic OH excluding ortho intramolecular Hbond substituents is 1. The third-order valence-corrected chi connectivity index (χ3v) is 5.30. The Bertz CT molecular complexity index is 933. The van der Waals surface area contributed by atoms with E-state index in [1.165, 1.54) is 32.4 Å². The fourth-order valence-electron chi connectivity index (χ4n) is 3.75. The molecule has 3 aromatic rings. The standard InChI is InChI=1S/C23H26N4O.ClH/c28-21-12-6-5-11-20(21)23-24-22(14-13-19-9-3-1-4-10-19)25-27(23)18-17-26-15-7-2-8-16-26;/h1,3-6,9-14,28H,2,7-8,15-18H2;1H/b14-13+;. The van der Waals surface area contributed by atoms with Crippen molar-refractivity contribution >= 4 is 12.2 Å². The van der Waals surface area contributed by atoms with Crippen molar-refractivity contribution in [2.24, 2.45) is 0 Å². The van der Waals surface area contributed by atoms with Gasteiger partial charge >= 0.3 is 0 Å². The highest BCUT2D eigenvalue weighted by Gasteiger charge is 2.17. The summed E-state index contributed by atoms with van der Waals surface area (Å²) in [6.07, 6.45) is 7.92. The van der Waals surface area contributed by atoms with Crippen molar-refractivity contribution in [1.82, 2.24) is 14.8 Å². The van der Waals surface area contributed by atoms with Crippen molar-refractivity contribution in [3.63, 3.8) is 0 Å². The zero-order chi connectivity index (χ0) is 19.2. The highest BCUT2D eigenvalue weighted by molar-refractivity contribution is 5.69. The zero-order valence-electron chi connectivity index (χ0n) is 16.5. The quantitative estimate of drug-likeness (QED) is 0.596. The van der Waals surface area contributed by atoms with Gasteiger partial charge < -0.3 is 22.4 Å². The molecule has 1 aliphatic heterocycles. The molecule has 0 spiro atoms. The molecule has 2 aromatic carbocycles. The molecule has 0 bridgehead atoms. The molecular formula is C23H27ClN4O. The number of hydrogen-bond donors (Lipinski definition) is 2. The van der Waals surface area contributed by atoms with E-state index in [1.807, 2.05) is 53.2 Å². The molecule has 0 saturated carbocycles. The fraction of sp³-hybridized carbons (Fsp3) is 0.304. The molecule has 0 amide bonds. The lowest BCUT2D eigenvalue weighted by Crippen LogP contribution is -3.13. The highest BCUT2D eigenvalue weighted by atomic mass is 35.5. The van der Waals surface area contributed by atoms with Crippen LogP contribution in [-0.2, 0) is 6.54 Å². The van der Waals surface area contributed by atoms with Crippen LogP contribution in [0.15, 0.2) is 54.6 Å². The Morgan fingerprint density at radius 3 is 2.41 bits per heavy atom. The van der Waals surface area contributed by atoms with Crippen LogP contribution in [0.3, 0.4) is 0 Å². The van der Waals surface area contributed by atoms with Crippen molar-refractivity contribution in [3.8, 4) is 17.1 Å². The van der Waals surface area contributed by atoms with Gasteiger partial charge in [-0.3, -0.25) is 0 Å². The number of quaternary nitrogens is 1. The number of benzene rings is 2. The summed E-state index contributed by atoms with van der Waals surface area (Å²) < 4.78 is 1.95. The monoisotopic (exact) mass is 410 g/mol. The molecule has 0 aliphatic carbocycles. The van der Waals surface area contributed by atoms with Crippen LogP contribution in [0, 0.1) is 0 Å². The van der Waals surface area contributed by atoms with E-state index in [4.69, 9.17) is 10.1 Å².